The number of fused-ring (bicyclic) bond motifs is 1. The second-order valence-electron chi connectivity index (χ2n) is 5.89. The Morgan fingerprint density at radius 3 is 2.48 bits per heavy atom. The molecule has 4 aromatic rings. The van der Waals surface area contributed by atoms with Crippen LogP contribution in [0.25, 0.3) is 22.6 Å². The molecule has 1 amide bonds. The van der Waals surface area contributed by atoms with Gasteiger partial charge < -0.3 is 9.73 Å². The van der Waals surface area contributed by atoms with Gasteiger partial charge in [0.1, 0.15) is 5.52 Å². The second kappa shape index (κ2) is 6.24. The third kappa shape index (κ3) is 3.15. The number of aryl methyl sites for hydroxylation is 1. The van der Waals surface area contributed by atoms with Gasteiger partial charge >= 0.3 is 0 Å². The number of aromatic nitrogens is 1. The van der Waals surface area contributed by atoms with Crippen molar-refractivity contribution >= 4 is 22.7 Å². The van der Waals surface area contributed by atoms with Gasteiger partial charge in [-0.3, -0.25) is 4.79 Å². The van der Waals surface area contributed by atoms with Crippen LogP contribution in [-0.2, 0) is 0 Å². The first-order valence-electron chi connectivity index (χ1n) is 8.03. The van der Waals surface area contributed by atoms with E-state index in [2.05, 4.69) is 10.3 Å². The highest BCUT2D eigenvalue weighted by molar-refractivity contribution is 6.04. The Bertz CT molecular complexity index is 1030. The average molecular weight is 328 g/mol. The smallest absolute Gasteiger partial charge is 0.255 e. The van der Waals surface area contributed by atoms with Gasteiger partial charge in [0.2, 0.25) is 5.89 Å². The molecule has 0 aliphatic rings. The zero-order chi connectivity index (χ0) is 17.2. The first-order chi connectivity index (χ1) is 12.2. The van der Waals surface area contributed by atoms with E-state index in [-0.39, 0.29) is 5.91 Å². The van der Waals surface area contributed by atoms with Gasteiger partial charge in [-0.2, -0.15) is 0 Å². The van der Waals surface area contributed by atoms with Crippen molar-refractivity contribution in [1.82, 2.24) is 4.98 Å². The summed E-state index contributed by atoms with van der Waals surface area (Å²) in [4.78, 5) is 16.8. The molecular formula is C21H16N2O2. The minimum atomic E-state index is -0.151. The van der Waals surface area contributed by atoms with Gasteiger partial charge in [-0.1, -0.05) is 35.9 Å². The van der Waals surface area contributed by atoms with Crippen molar-refractivity contribution in [3.8, 4) is 11.5 Å². The molecule has 0 aliphatic carbocycles. The molecule has 0 fully saturated rings. The first-order valence-corrected chi connectivity index (χ1v) is 8.03. The fraction of sp³-hybridized carbons (Fsp3) is 0.0476. The maximum absolute atomic E-state index is 12.3. The van der Waals surface area contributed by atoms with Crippen LogP contribution in [0.2, 0.25) is 0 Å². The molecule has 0 saturated heterocycles. The summed E-state index contributed by atoms with van der Waals surface area (Å²) in [5.41, 5.74) is 4.81. The van der Waals surface area contributed by atoms with E-state index in [1.807, 2.05) is 67.6 Å². The molecule has 1 aromatic heterocycles. The number of anilines is 1. The first kappa shape index (κ1) is 15.1. The molecule has 122 valence electrons. The molecular weight excluding hydrogens is 312 g/mol. The van der Waals surface area contributed by atoms with E-state index in [4.69, 9.17) is 4.42 Å². The van der Waals surface area contributed by atoms with Crippen molar-refractivity contribution in [3.63, 3.8) is 0 Å². The Kier molecular flexibility index (Phi) is 3.78. The van der Waals surface area contributed by atoms with Gasteiger partial charge in [0, 0.05) is 16.8 Å². The number of hydrogen-bond acceptors (Lipinski definition) is 3. The summed E-state index contributed by atoms with van der Waals surface area (Å²) in [6.07, 6.45) is 0. The molecule has 1 N–H and O–H groups in total. The summed E-state index contributed by atoms with van der Waals surface area (Å²) < 4.78 is 5.81. The van der Waals surface area contributed by atoms with Crippen LogP contribution in [0, 0.1) is 6.92 Å². The number of nitrogens with one attached hydrogen (secondary N) is 1. The van der Waals surface area contributed by atoms with E-state index >= 15 is 0 Å². The van der Waals surface area contributed by atoms with E-state index in [1.165, 1.54) is 5.56 Å². The molecule has 3 aromatic carbocycles. The van der Waals surface area contributed by atoms with Crippen LogP contribution in [0.4, 0.5) is 5.69 Å². The molecule has 0 atom stereocenters. The maximum Gasteiger partial charge on any atom is 0.255 e. The maximum atomic E-state index is 12.3. The quantitative estimate of drug-likeness (QED) is 0.572. The van der Waals surface area contributed by atoms with Gasteiger partial charge in [-0.05, 0) is 49.4 Å². The third-order valence-electron chi connectivity index (χ3n) is 3.98. The molecule has 0 spiro atoms. The summed E-state index contributed by atoms with van der Waals surface area (Å²) in [7, 11) is 0. The van der Waals surface area contributed by atoms with Gasteiger partial charge in [-0.25, -0.2) is 4.98 Å². The number of benzene rings is 3. The highest BCUT2D eigenvalue weighted by Crippen LogP contribution is 2.26. The minimum Gasteiger partial charge on any atom is -0.436 e. The Hall–Kier alpha value is -3.40. The van der Waals surface area contributed by atoms with Crippen molar-refractivity contribution in [2.45, 2.75) is 6.92 Å². The van der Waals surface area contributed by atoms with Gasteiger partial charge in [-0.15, -0.1) is 0 Å². The predicted molar refractivity (Wildman–Crippen MR) is 98.6 cm³/mol. The van der Waals surface area contributed by atoms with Gasteiger partial charge in [0.25, 0.3) is 5.91 Å². The Balaban J connectivity index is 1.62. The molecule has 4 rings (SSSR count). The Morgan fingerprint density at radius 1 is 0.960 bits per heavy atom. The lowest BCUT2D eigenvalue weighted by Crippen LogP contribution is -2.11. The Labute approximate surface area is 145 Å². The lowest BCUT2D eigenvalue weighted by Gasteiger charge is -2.04. The van der Waals surface area contributed by atoms with Crippen molar-refractivity contribution in [3.05, 3.63) is 83.9 Å². The fourth-order valence-corrected chi connectivity index (χ4v) is 2.62. The van der Waals surface area contributed by atoms with E-state index in [0.717, 1.165) is 5.56 Å². The molecule has 0 saturated carbocycles. The molecule has 0 bridgehead atoms. The summed E-state index contributed by atoms with van der Waals surface area (Å²) in [6.45, 7) is 2.04. The fourth-order valence-electron chi connectivity index (χ4n) is 2.62. The van der Waals surface area contributed by atoms with Crippen molar-refractivity contribution < 1.29 is 9.21 Å². The molecule has 4 heteroatoms. The standard InChI is InChI=1S/C21H16N2O2/c1-14-7-9-16(10-8-14)21-23-18-13-17(11-12-19(18)25-21)22-20(24)15-5-3-2-4-6-15/h2-13H,1H3,(H,22,24). The average Bonchev–Trinajstić information content (AvgIpc) is 3.06. The van der Waals surface area contributed by atoms with E-state index in [1.54, 1.807) is 12.1 Å². The molecule has 1 heterocycles. The summed E-state index contributed by atoms with van der Waals surface area (Å²) in [6, 6.07) is 22.6. The van der Waals surface area contributed by atoms with E-state index in [0.29, 0.717) is 28.2 Å². The molecule has 0 unspecified atom stereocenters. The summed E-state index contributed by atoms with van der Waals surface area (Å²) in [5.74, 6) is 0.420. The SMILES string of the molecule is Cc1ccc(-c2nc3cc(NC(=O)c4ccccc4)ccc3o2)cc1. The molecule has 0 aliphatic heterocycles. The van der Waals surface area contributed by atoms with Gasteiger partial charge in [0.15, 0.2) is 5.58 Å². The minimum absolute atomic E-state index is 0.151. The number of rotatable bonds is 3. The van der Waals surface area contributed by atoms with E-state index < -0.39 is 0 Å². The van der Waals surface area contributed by atoms with Crippen LogP contribution in [0.1, 0.15) is 15.9 Å². The highest BCUT2D eigenvalue weighted by atomic mass is 16.3. The summed E-state index contributed by atoms with van der Waals surface area (Å²) >= 11 is 0. The largest absolute Gasteiger partial charge is 0.436 e. The summed E-state index contributed by atoms with van der Waals surface area (Å²) in [5, 5.41) is 2.89. The van der Waals surface area contributed by atoms with E-state index in [9.17, 15) is 4.79 Å². The molecule has 25 heavy (non-hydrogen) atoms. The zero-order valence-electron chi connectivity index (χ0n) is 13.7. The van der Waals surface area contributed by atoms with Crippen LogP contribution in [0.3, 0.4) is 0 Å². The van der Waals surface area contributed by atoms with Crippen LogP contribution < -0.4 is 5.32 Å². The lowest BCUT2D eigenvalue weighted by molar-refractivity contribution is 0.102. The Morgan fingerprint density at radius 2 is 1.72 bits per heavy atom. The normalized spacial score (nSPS) is 10.8. The van der Waals surface area contributed by atoms with Crippen molar-refractivity contribution in [1.29, 1.82) is 0 Å². The van der Waals surface area contributed by atoms with Crippen LogP contribution in [0.5, 0.6) is 0 Å². The van der Waals surface area contributed by atoms with Crippen LogP contribution >= 0.6 is 0 Å². The zero-order valence-corrected chi connectivity index (χ0v) is 13.7. The number of amides is 1. The number of hydrogen-bond donors (Lipinski definition) is 1. The number of carbonyl (C=O) groups excluding carboxylic acids is 1. The number of carbonyl (C=O) groups is 1. The van der Waals surface area contributed by atoms with Crippen LogP contribution in [0.15, 0.2) is 77.2 Å². The van der Waals surface area contributed by atoms with Crippen LogP contribution in [-0.4, -0.2) is 10.9 Å². The van der Waals surface area contributed by atoms with Crippen molar-refractivity contribution in [2.75, 3.05) is 5.32 Å². The highest BCUT2D eigenvalue weighted by Gasteiger charge is 2.10. The van der Waals surface area contributed by atoms with Crippen molar-refractivity contribution in [2.24, 2.45) is 0 Å². The third-order valence-corrected chi connectivity index (χ3v) is 3.98. The number of oxazole rings is 1. The van der Waals surface area contributed by atoms with Gasteiger partial charge in [0.05, 0.1) is 0 Å². The predicted octanol–water partition coefficient (Wildman–Crippen LogP) is 5.06. The monoisotopic (exact) mass is 328 g/mol. The number of nitrogens with zero attached hydrogens (tertiary/aromatic N) is 1. The topological polar surface area (TPSA) is 55.1 Å². The molecule has 0 radical (unpaired) electrons. The lowest BCUT2D eigenvalue weighted by atomic mass is 10.1. The molecule has 4 nitrogen and oxygen atoms in total. The second-order valence-corrected chi connectivity index (χ2v) is 5.89.